The quantitative estimate of drug-likeness (QED) is 0.333. The normalized spacial score (nSPS) is 18.6. The first-order valence-corrected chi connectivity index (χ1v) is 10.9. The van der Waals surface area contributed by atoms with E-state index >= 15 is 0 Å². The smallest absolute Gasteiger partial charge is 0.193 e. The third-order valence-electron chi connectivity index (χ3n) is 5.92. The Hall–Kier alpha value is -1.72. The lowest BCUT2D eigenvalue weighted by Crippen LogP contribution is -2.45. The number of aromatic amines is 1. The van der Waals surface area contributed by atoms with Gasteiger partial charge in [0.25, 0.3) is 0 Å². The number of nitrogens with one attached hydrogen (secondary N) is 2. The Labute approximate surface area is 201 Å². The first-order valence-electron chi connectivity index (χ1n) is 10.9. The summed E-state index contributed by atoms with van der Waals surface area (Å²) in [4.78, 5) is 11.1. The Kier molecular flexibility index (Phi) is 9.54. The number of likely N-dealkylation sites (tertiary alicyclic amines) is 1. The predicted octanol–water partition coefficient (Wildman–Crippen LogP) is 3.07. The molecule has 8 nitrogen and oxygen atoms in total. The molecule has 1 aromatic carbocycles. The lowest BCUT2D eigenvalue weighted by molar-refractivity contribution is -0.0390. The van der Waals surface area contributed by atoms with Gasteiger partial charge >= 0.3 is 0 Å². The Morgan fingerprint density at radius 1 is 1.23 bits per heavy atom. The van der Waals surface area contributed by atoms with Crippen LogP contribution >= 0.6 is 24.0 Å². The van der Waals surface area contributed by atoms with Gasteiger partial charge in [-0.15, -0.1) is 24.0 Å². The number of ether oxygens (including phenoxy) is 2. The third-order valence-corrected chi connectivity index (χ3v) is 5.92. The number of rotatable bonds is 6. The van der Waals surface area contributed by atoms with E-state index in [-0.39, 0.29) is 24.0 Å². The van der Waals surface area contributed by atoms with Gasteiger partial charge in [-0.2, -0.15) is 5.10 Å². The zero-order valence-corrected chi connectivity index (χ0v) is 20.5. The van der Waals surface area contributed by atoms with Gasteiger partial charge in [-0.25, -0.2) is 4.98 Å². The number of halogens is 1. The molecule has 0 bridgehead atoms. The van der Waals surface area contributed by atoms with Crippen LogP contribution in [0.15, 0.2) is 35.6 Å². The molecule has 2 aliphatic heterocycles. The fourth-order valence-electron chi connectivity index (χ4n) is 4.18. The highest BCUT2D eigenvalue weighted by atomic mass is 127. The maximum atomic E-state index is 6.06. The van der Waals surface area contributed by atoms with Gasteiger partial charge < -0.3 is 19.7 Å². The molecule has 2 fully saturated rings. The van der Waals surface area contributed by atoms with E-state index in [1.165, 1.54) is 11.1 Å². The Morgan fingerprint density at radius 3 is 2.71 bits per heavy atom. The molecule has 2 N–H and O–H groups in total. The summed E-state index contributed by atoms with van der Waals surface area (Å²) in [6, 6.07) is 8.60. The molecule has 4 rings (SSSR count). The van der Waals surface area contributed by atoms with Gasteiger partial charge in [0.2, 0.25) is 0 Å². The fourth-order valence-corrected chi connectivity index (χ4v) is 4.18. The van der Waals surface area contributed by atoms with Crippen molar-refractivity contribution in [3.8, 4) is 0 Å². The number of guanidine groups is 1. The molecule has 170 valence electrons. The summed E-state index contributed by atoms with van der Waals surface area (Å²) < 4.78 is 11.5. The molecule has 31 heavy (non-hydrogen) atoms. The second kappa shape index (κ2) is 12.4. The molecule has 0 radical (unpaired) electrons. The average molecular weight is 540 g/mol. The molecule has 3 heterocycles. The minimum atomic E-state index is 0. The monoisotopic (exact) mass is 540 g/mol. The summed E-state index contributed by atoms with van der Waals surface area (Å²) in [5.74, 6) is 2.40. The standard InChI is InChI=1S/C22H32N6O2.HI/c1-23-22(28-9-5-19(6-10-28)21-25-16-26-27-21)24-14-17-3-2-4-18(13-17)15-30-20-7-11-29-12-8-20;/h2-4,13,16,19-20H,5-12,14-15H2,1H3,(H,23,24)(H,25,26,27);1H. The number of benzene rings is 1. The van der Waals surface area contributed by atoms with Crippen LogP contribution in [-0.4, -0.2) is 65.5 Å². The van der Waals surface area contributed by atoms with Crippen molar-refractivity contribution >= 4 is 29.9 Å². The van der Waals surface area contributed by atoms with Crippen molar-refractivity contribution in [2.45, 2.75) is 50.9 Å². The lowest BCUT2D eigenvalue weighted by Gasteiger charge is -2.33. The van der Waals surface area contributed by atoms with Gasteiger partial charge in [0, 0.05) is 45.8 Å². The summed E-state index contributed by atoms with van der Waals surface area (Å²) >= 11 is 0. The van der Waals surface area contributed by atoms with E-state index < -0.39 is 0 Å². The van der Waals surface area contributed by atoms with Crippen molar-refractivity contribution in [1.29, 1.82) is 0 Å². The second-order valence-electron chi connectivity index (χ2n) is 7.98. The maximum absolute atomic E-state index is 6.06. The summed E-state index contributed by atoms with van der Waals surface area (Å²) in [6.45, 7) is 4.95. The van der Waals surface area contributed by atoms with Crippen molar-refractivity contribution in [3.05, 3.63) is 47.5 Å². The number of piperidine rings is 1. The fraction of sp³-hybridized carbons (Fsp3) is 0.591. The first kappa shape index (κ1) is 23.9. The van der Waals surface area contributed by atoms with Gasteiger partial charge in [-0.1, -0.05) is 24.3 Å². The van der Waals surface area contributed by atoms with Crippen LogP contribution in [0, 0.1) is 0 Å². The molecule has 0 atom stereocenters. The highest BCUT2D eigenvalue weighted by Gasteiger charge is 2.24. The SMILES string of the molecule is CN=C(NCc1cccc(COC2CCOCC2)c1)N1CCC(c2ncn[nH]2)CC1.I. The number of aliphatic imine (C=N–C) groups is 1. The zero-order chi connectivity index (χ0) is 20.6. The second-order valence-corrected chi connectivity index (χ2v) is 7.98. The molecule has 1 aromatic heterocycles. The lowest BCUT2D eigenvalue weighted by atomic mass is 9.96. The summed E-state index contributed by atoms with van der Waals surface area (Å²) in [5.41, 5.74) is 2.45. The van der Waals surface area contributed by atoms with Crippen LogP contribution in [0.3, 0.4) is 0 Å². The van der Waals surface area contributed by atoms with E-state index in [4.69, 9.17) is 9.47 Å². The molecule has 2 aromatic rings. The van der Waals surface area contributed by atoms with Crippen molar-refractivity contribution < 1.29 is 9.47 Å². The van der Waals surface area contributed by atoms with Gasteiger partial charge in [-0.3, -0.25) is 10.1 Å². The van der Waals surface area contributed by atoms with Crippen molar-refractivity contribution in [3.63, 3.8) is 0 Å². The maximum Gasteiger partial charge on any atom is 0.193 e. The van der Waals surface area contributed by atoms with Crippen LogP contribution < -0.4 is 5.32 Å². The number of aromatic nitrogens is 3. The van der Waals surface area contributed by atoms with Gasteiger partial charge in [0.15, 0.2) is 5.96 Å². The Bertz CT molecular complexity index is 802. The zero-order valence-electron chi connectivity index (χ0n) is 18.1. The molecule has 0 aliphatic carbocycles. The van der Waals surface area contributed by atoms with E-state index in [0.717, 1.165) is 70.3 Å². The van der Waals surface area contributed by atoms with E-state index in [2.05, 4.69) is 54.7 Å². The topological polar surface area (TPSA) is 87.7 Å². The predicted molar refractivity (Wildman–Crippen MR) is 131 cm³/mol. The van der Waals surface area contributed by atoms with E-state index in [1.54, 1.807) is 6.33 Å². The van der Waals surface area contributed by atoms with Gasteiger partial charge in [-0.05, 0) is 36.8 Å². The van der Waals surface area contributed by atoms with Crippen LogP contribution in [0.5, 0.6) is 0 Å². The van der Waals surface area contributed by atoms with Crippen molar-refractivity contribution in [2.24, 2.45) is 4.99 Å². The number of nitrogens with zero attached hydrogens (tertiary/aromatic N) is 4. The van der Waals surface area contributed by atoms with Crippen LogP contribution in [0.4, 0.5) is 0 Å². The minimum absolute atomic E-state index is 0. The highest BCUT2D eigenvalue weighted by Crippen LogP contribution is 2.25. The van der Waals surface area contributed by atoms with Crippen LogP contribution in [0.25, 0.3) is 0 Å². The molecule has 0 saturated carbocycles. The number of H-pyrrole nitrogens is 1. The largest absolute Gasteiger partial charge is 0.381 e. The molecule has 0 amide bonds. The average Bonchev–Trinajstić information content (AvgIpc) is 3.35. The Balaban J connectivity index is 0.00000272. The minimum Gasteiger partial charge on any atom is -0.381 e. The summed E-state index contributed by atoms with van der Waals surface area (Å²) in [6.07, 6.45) is 5.99. The molecular weight excluding hydrogens is 507 g/mol. The number of hydrogen-bond acceptors (Lipinski definition) is 5. The van der Waals surface area contributed by atoms with Gasteiger partial charge in [0.05, 0.1) is 12.7 Å². The summed E-state index contributed by atoms with van der Waals surface area (Å²) in [5, 5.41) is 10.5. The van der Waals surface area contributed by atoms with Gasteiger partial charge in [0.1, 0.15) is 12.2 Å². The molecular formula is C22H33IN6O2. The first-order chi connectivity index (χ1) is 14.8. The molecule has 2 saturated heterocycles. The van der Waals surface area contributed by atoms with Crippen molar-refractivity contribution in [1.82, 2.24) is 25.4 Å². The van der Waals surface area contributed by atoms with E-state index in [1.807, 2.05) is 7.05 Å². The molecule has 2 aliphatic rings. The van der Waals surface area contributed by atoms with E-state index in [0.29, 0.717) is 18.6 Å². The summed E-state index contributed by atoms with van der Waals surface area (Å²) in [7, 11) is 1.85. The Morgan fingerprint density at radius 2 is 2.00 bits per heavy atom. The molecule has 0 spiro atoms. The third kappa shape index (κ3) is 6.88. The molecule has 9 heteroatoms. The highest BCUT2D eigenvalue weighted by molar-refractivity contribution is 14.0. The molecule has 0 unspecified atom stereocenters. The number of hydrogen-bond donors (Lipinski definition) is 2. The van der Waals surface area contributed by atoms with Crippen LogP contribution in [0.2, 0.25) is 0 Å². The van der Waals surface area contributed by atoms with Crippen LogP contribution in [0.1, 0.15) is 48.6 Å². The van der Waals surface area contributed by atoms with E-state index in [9.17, 15) is 0 Å². The van der Waals surface area contributed by atoms with Crippen LogP contribution in [-0.2, 0) is 22.6 Å². The van der Waals surface area contributed by atoms with Crippen molar-refractivity contribution in [2.75, 3.05) is 33.4 Å².